The second kappa shape index (κ2) is 9.39. The van der Waals surface area contributed by atoms with Gasteiger partial charge in [0.1, 0.15) is 5.82 Å². The summed E-state index contributed by atoms with van der Waals surface area (Å²) < 4.78 is 4.34. The molecule has 0 radical (unpaired) electrons. The normalized spacial score (nSPS) is 11.9. The molecular formula is C21H31N7. The second-order valence-corrected chi connectivity index (χ2v) is 7.08. The van der Waals surface area contributed by atoms with Crippen LogP contribution < -0.4 is 10.6 Å². The standard InChI is InChI=1S/C21H31N7/c1-16-15-17(2)28(26-16)14-8-12-24-21(22-4)23-11-7-13-27-18(3)25-19-9-5-6-10-20(19)27/h5-6,9-10,15H,7-8,11-14H2,1-4H3,(H2,22,23,24). The van der Waals surface area contributed by atoms with Gasteiger partial charge in [-0.1, -0.05) is 12.1 Å². The van der Waals surface area contributed by atoms with Crippen molar-refractivity contribution in [1.82, 2.24) is 30.0 Å². The summed E-state index contributed by atoms with van der Waals surface area (Å²) in [4.78, 5) is 8.93. The lowest BCUT2D eigenvalue weighted by atomic mass is 10.3. The number of hydrogen-bond acceptors (Lipinski definition) is 3. The molecule has 7 heteroatoms. The lowest BCUT2D eigenvalue weighted by molar-refractivity contribution is 0.554. The maximum Gasteiger partial charge on any atom is 0.190 e. The minimum atomic E-state index is 0.848. The number of nitrogens with zero attached hydrogens (tertiary/aromatic N) is 5. The lowest BCUT2D eigenvalue weighted by Gasteiger charge is -2.13. The maximum absolute atomic E-state index is 4.63. The van der Waals surface area contributed by atoms with Gasteiger partial charge in [0, 0.05) is 38.9 Å². The largest absolute Gasteiger partial charge is 0.356 e. The molecule has 28 heavy (non-hydrogen) atoms. The molecule has 0 aliphatic rings. The van der Waals surface area contributed by atoms with Gasteiger partial charge < -0.3 is 15.2 Å². The summed E-state index contributed by atoms with van der Waals surface area (Å²) in [6.07, 6.45) is 2.01. The third-order valence-corrected chi connectivity index (χ3v) is 4.86. The Labute approximate surface area is 166 Å². The SMILES string of the molecule is CN=C(NCCCn1nc(C)cc1C)NCCCn1c(C)nc2ccccc21. The molecule has 0 bridgehead atoms. The highest BCUT2D eigenvalue weighted by molar-refractivity contribution is 5.79. The highest BCUT2D eigenvalue weighted by Crippen LogP contribution is 2.15. The van der Waals surface area contributed by atoms with Crippen LogP contribution in [0, 0.1) is 20.8 Å². The van der Waals surface area contributed by atoms with E-state index >= 15 is 0 Å². The van der Waals surface area contributed by atoms with Crippen molar-refractivity contribution >= 4 is 17.0 Å². The van der Waals surface area contributed by atoms with Crippen molar-refractivity contribution in [2.75, 3.05) is 20.1 Å². The molecule has 3 rings (SSSR count). The van der Waals surface area contributed by atoms with Gasteiger partial charge in [-0.15, -0.1) is 0 Å². The summed E-state index contributed by atoms with van der Waals surface area (Å²) >= 11 is 0. The van der Waals surface area contributed by atoms with Crippen molar-refractivity contribution in [3.63, 3.8) is 0 Å². The van der Waals surface area contributed by atoms with Crippen molar-refractivity contribution < 1.29 is 0 Å². The molecule has 0 aliphatic carbocycles. The van der Waals surface area contributed by atoms with E-state index in [2.05, 4.69) is 73.1 Å². The molecule has 150 valence electrons. The van der Waals surface area contributed by atoms with E-state index in [4.69, 9.17) is 0 Å². The zero-order chi connectivity index (χ0) is 19.9. The van der Waals surface area contributed by atoms with Crippen LogP contribution in [0.4, 0.5) is 0 Å². The molecule has 3 aromatic rings. The first-order valence-electron chi connectivity index (χ1n) is 9.96. The van der Waals surface area contributed by atoms with E-state index in [0.29, 0.717) is 0 Å². The number of imidazole rings is 1. The summed E-state index contributed by atoms with van der Waals surface area (Å²) in [6.45, 7) is 9.77. The quantitative estimate of drug-likeness (QED) is 0.358. The van der Waals surface area contributed by atoms with Crippen LogP contribution in [0.3, 0.4) is 0 Å². The van der Waals surface area contributed by atoms with E-state index in [0.717, 1.165) is 62.0 Å². The monoisotopic (exact) mass is 381 g/mol. The number of aryl methyl sites for hydroxylation is 5. The van der Waals surface area contributed by atoms with Crippen LogP contribution in [0.25, 0.3) is 11.0 Å². The van der Waals surface area contributed by atoms with Crippen molar-refractivity contribution in [3.8, 4) is 0 Å². The minimum Gasteiger partial charge on any atom is -0.356 e. The summed E-state index contributed by atoms with van der Waals surface area (Å²) in [5.74, 6) is 1.91. The van der Waals surface area contributed by atoms with Gasteiger partial charge in [-0.05, 0) is 51.8 Å². The Kier molecular flexibility index (Phi) is 6.68. The number of rotatable bonds is 8. The number of aliphatic imine (C=N–C) groups is 1. The molecule has 0 amide bonds. The average Bonchev–Trinajstić information content (AvgIpc) is 3.18. The highest BCUT2D eigenvalue weighted by atomic mass is 15.3. The Morgan fingerprint density at radius 3 is 2.43 bits per heavy atom. The predicted octanol–water partition coefficient (Wildman–Crippen LogP) is 2.80. The molecule has 2 aromatic heterocycles. The number of fused-ring (bicyclic) bond motifs is 1. The number of guanidine groups is 1. The van der Waals surface area contributed by atoms with Gasteiger partial charge >= 0.3 is 0 Å². The fourth-order valence-electron chi connectivity index (χ4n) is 3.48. The number of nitrogens with one attached hydrogen (secondary N) is 2. The molecule has 0 spiro atoms. The zero-order valence-corrected chi connectivity index (χ0v) is 17.4. The molecule has 0 atom stereocenters. The summed E-state index contributed by atoms with van der Waals surface area (Å²) in [5, 5.41) is 11.3. The lowest BCUT2D eigenvalue weighted by Crippen LogP contribution is -2.38. The third-order valence-electron chi connectivity index (χ3n) is 4.86. The van der Waals surface area contributed by atoms with Gasteiger partial charge in [-0.25, -0.2) is 4.98 Å². The van der Waals surface area contributed by atoms with Crippen LogP contribution in [0.1, 0.15) is 30.1 Å². The second-order valence-electron chi connectivity index (χ2n) is 7.08. The molecule has 7 nitrogen and oxygen atoms in total. The predicted molar refractivity (Wildman–Crippen MR) is 115 cm³/mol. The Bertz CT molecular complexity index is 936. The average molecular weight is 382 g/mol. The van der Waals surface area contributed by atoms with Crippen molar-refractivity contribution in [2.24, 2.45) is 4.99 Å². The van der Waals surface area contributed by atoms with E-state index < -0.39 is 0 Å². The summed E-state index contributed by atoms with van der Waals surface area (Å²) in [6, 6.07) is 10.4. The molecule has 1 aromatic carbocycles. The van der Waals surface area contributed by atoms with Gasteiger partial charge in [-0.3, -0.25) is 9.67 Å². The molecular weight excluding hydrogens is 350 g/mol. The van der Waals surface area contributed by atoms with E-state index in [1.54, 1.807) is 0 Å². The van der Waals surface area contributed by atoms with Crippen molar-refractivity contribution in [3.05, 3.63) is 47.5 Å². The van der Waals surface area contributed by atoms with Crippen LogP contribution in [0.2, 0.25) is 0 Å². The van der Waals surface area contributed by atoms with Crippen LogP contribution in [0.15, 0.2) is 35.3 Å². The number of benzene rings is 1. The Morgan fingerprint density at radius 1 is 1.04 bits per heavy atom. The van der Waals surface area contributed by atoms with Crippen LogP contribution in [0.5, 0.6) is 0 Å². The smallest absolute Gasteiger partial charge is 0.190 e. The fraction of sp³-hybridized carbons (Fsp3) is 0.476. The molecule has 2 N–H and O–H groups in total. The summed E-state index contributed by atoms with van der Waals surface area (Å²) in [7, 11) is 1.81. The first-order chi connectivity index (χ1) is 13.6. The van der Waals surface area contributed by atoms with Crippen molar-refractivity contribution in [1.29, 1.82) is 0 Å². The van der Waals surface area contributed by atoms with Crippen LogP contribution in [-0.4, -0.2) is 45.4 Å². The van der Waals surface area contributed by atoms with Gasteiger partial charge in [0.25, 0.3) is 0 Å². The van der Waals surface area contributed by atoms with Gasteiger partial charge in [0.2, 0.25) is 0 Å². The Morgan fingerprint density at radius 2 is 1.75 bits per heavy atom. The fourth-order valence-corrected chi connectivity index (χ4v) is 3.48. The molecule has 0 saturated heterocycles. The highest BCUT2D eigenvalue weighted by Gasteiger charge is 2.06. The first kappa shape index (κ1) is 19.9. The molecule has 0 aliphatic heterocycles. The maximum atomic E-state index is 4.63. The van der Waals surface area contributed by atoms with Crippen LogP contribution >= 0.6 is 0 Å². The number of aromatic nitrogens is 4. The topological polar surface area (TPSA) is 72.1 Å². The molecule has 0 unspecified atom stereocenters. The Balaban J connectivity index is 1.38. The molecule has 0 fully saturated rings. The van der Waals surface area contributed by atoms with Gasteiger partial charge in [0.05, 0.1) is 16.7 Å². The van der Waals surface area contributed by atoms with Crippen LogP contribution in [-0.2, 0) is 13.1 Å². The first-order valence-corrected chi connectivity index (χ1v) is 9.96. The summed E-state index contributed by atoms with van der Waals surface area (Å²) in [5.41, 5.74) is 4.55. The van der Waals surface area contributed by atoms with Gasteiger partial charge in [0.15, 0.2) is 5.96 Å². The zero-order valence-electron chi connectivity index (χ0n) is 17.4. The van der Waals surface area contributed by atoms with Gasteiger partial charge in [-0.2, -0.15) is 5.10 Å². The number of hydrogen-bond donors (Lipinski definition) is 2. The number of para-hydroxylation sites is 2. The van der Waals surface area contributed by atoms with E-state index in [9.17, 15) is 0 Å². The molecule has 2 heterocycles. The van der Waals surface area contributed by atoms with E-state index in [1.807, 2.05) is 20.0 Å². The van der Waals surface area contributed by atoms with E-state index in [1.165, 1.54) is 11.2 Å². The minimum absolute atomic E-state index is 0.848. The molecule has 0 saturated carbocycles. The van der Waals surface area contributed by atoms with Crippen molar-refractivity contribution in [2.45, 2.75) is 46.7 Å². The van der Waals surface area contributed by atoms with E-state index in [-0.39, 0.29) is 0 Å². The third kappa shape index (κ3) is 4.91. The Hall–Kier alpha value is -2.83.